The first-order chi connectivity index (χ1) is 7.85. The van der Waals surface area contributed by atoms with Crippen LogP contribution < -0.4 is 10.1 Å². The Bertz CT molecular complexity index is 418. The van der Waals surface area contributed by atoms with Crippen LogP contribution in [0.15, 0.2) is 18.2 Å². The first-order valence-corrected chi connectivity index (χ1v) is 4.56. The molecular formula is C10H10F3NO3. The zero-order valence-electron chi connectivity index (χ0n) is 8.84. The number of hydrogen-bond acceptors (Lipinski definition) is 3. The van der Waals surface area contributed by atoms with Crippen molar-refractivity contribution in [2.24, 2.45) is 0 Å². The Hall–Kier alpha value is -1.92. The topological polar surface area (TPSA) is 58.6 Å². The second kappa shape index (κ2) is 4.94. The molecule has 4 nitrogen and oxygen atoms in total. The standard InChI is InChI=1S/C10H10F3NO3/c1-17-7-4-2-3-6(8(7)15)9(16)14-5-10(11,12)13/h2-4,15H,5H2,1H3,(H,14,16). The second-order valence-corrected chi connectivity index (χ2v) is 3.15. The zero-order valence-corrected chi connectivity index (χ0v) is 8.84. The smallest absolute Gasteiger partial charge is 0.405 e. The fraction of sp³-hybridized carbons (Fsp3) is 0.300. The first-order valence-electron chi connectivity index (χ1n) is 4.56. The first kappa shape index (κ1) is 13.1. The minimum Gasteiger partial charge on any atom is -0.504 e. The summed E-state index contributed by atoms with van der Waals surface area (Å²) < 4.78 is 40.4. The highest BCUT2D eigenvalue weighted by atomic mass is 19.4. The van der Waals surface area contributed by atoms with Crippen LogP contribution in [0.1, 0.15) is 10.4 Å². The molecule has 0 saturated heterocycles. The molecule has 1 rings (SSSR count). The number of carbonyl (C=O) groups excluding carboxylic acids is 1. The Kier molecular flexibility index (Phi) is 3.82. The number of halogens is 3. The maximum Gasteiger partial charge on any atom is 0.405 e. The van der Waals surface area contributed by atoms with Gasteiger partial charge in [-0.3, -0.25) is 4.79 Å². The van der Waals surface area contributed by atoms with Crippen molar-refractivity contribution in [3.05, 3.63) is 23.8 Å². The summed E-state index contributed by atoms with van der Waals surface area (Å²) in [5.74, 6) is -1.49. The lowest BCUT2D eigenvalue weighted by Crippen LogP contribution is -2.33. The van der Waals surface area contributed by atoms with Crippen molar-refractivity contribution in [1.29, 1.82) is 0 Å². The highest BCUT2D eigenvalue weighted by Gasteiger charge is 2.28. The third-order valence-corrected chi connectivity index (χ3v) is 1.91. The number of methoxy groups -OCH3 is 1. The van der Waals surface area contributed by atoms with Crippen molar-refractivity contribution in [1.82, 2.24) is 5.32 Å². The molecule has 0 saturated carbocycles. The molecule has 1 amide bonds. The number of aromatic hydroxyl groups is 1. The van der Waals surface area contributed by atoms with E-state index in [1.54, 1.807) is 5.32 Å². The number of para-hydroxylation sites is 1. The molecular weight excluding hydrogens is 239 g/mol. The Labute approximate surface area is 95.0 Å². The number of ether oxygens (including phenoxy) is 1. The number of nitrogens with one attached hydrogen (secondary N) is 1. The van der Waals surface area contributed by atoms with Crippen molar-refractivity contribution in [3.63, 3.8) is 0 Å². The molecule has 0 fully saturated rings. The summed E-state index contributed by atoms with van der Waals surface area (Å²) >= 11 is 0. The molecule has 2 N–H and O–H groups in total. The Morgan fingerprint density at radius 3 is 2.65 bits per heavy atom. The van der Waals surface area contributed by atoms with E-state index in [4.69, 9.17) is 4.74 Å². The molecule has 0 radical (unpaired) electrons. The quantitative estimate of drug-likeness (QED) is 0.857. The van der Waals surface area contributed by atoms with Crippen molar-refractivity contribution in [3.8, 4) is 11.5 Å². The van der Waals surface area contributed by atoms with Gasteiger partial charge in [0.25, 0.3) is 5.91 Å². The third kappa shape index (κ3) is 3.54. The molecule has 1 aromatic carbocycles. The van der Waals surface area contributed by atoms with Gasteiger partial charge in [-0.15, -0.1) is 0 Å². The summed E-state index contributed by atoms with van der Waals surface area (Å²) in [7, 11) is 1.27. The number of carbonyl (C=O) groups is 1. The van der Waals surface area contributed by atoms with E-state index in [1.165, 1.54) is 25.3 Å². The molecule has 0 spiro atoms. The number of rotatable bonds is 3. The van der Waals surface area contributed by atoms with Gasteiger partial charge in [-0.2, -0.15) is 13.2 Å². The average molecular weight is 249 g/mol. The molecule has 0 atom stereocenters. The fourth-order valence-electron chi connectivity index (χ4n) is 1.15. The number of hydrogen-bond donors (Lipinski definition) is 2. The molecule has 0 heterocycles. The van der Waals surface area contributed by atoms with Crippen LogP contribution in [-0.2, 0) is 0 Å². The molecule has 0 bridgehead atoms. The SMILES string of the molecule is COc1cccc(C(=O)NCC(F)(F)F)c1O. The summed E-state index contributed by atoms with van der Waals surface area (Å²) in [6.45, 7) is -1.46. The Morgan fingerprint density at radius 2 is 2.12 bits per heavy atom. The lowest BCUT2D eigenvalue weighted by molar-refractivity contribution is -0.123. The Balaban J connectivity index is 2.83. The fourth-order valence-corrected chi connectivity index (χ4v) is 1.15. The molecule has 0 aliphatic carbocycles. The van der Waals surface area contributed by atoms with Crippen LogP contribution in [0.25, 0.3) is 0 Å². The van der Waals surface area contributed by atoms with E-state index < -0.39 is 24.4 Å². The summed E-state index contributed by atoms with van der Waals surface area (Å²) in [5.41, 5.74) is -0.270. The van der Waals surface area contributed by atoms with Crippen LogP contribution in [0.5, 0.6) is 11.5 Å². The van der Waals surface area contributed by atoms with E-state index in [0.717, 1.165) is 0 Å². The number of alkyl halides is 3. The highest BCUT2D eigenvalue weighted by molar-refractivity contribution is 5.97. The van der Waals surface area contributed by atoms with Crippen LogP contribution in [0.3, 0.4) is 0 Å². The maximum absolute atomic E-state index is 11.9. The van der Waals surface area contributed by atoms with Crippen LogP contribution in [0.4, 0.5) is 13.2 Å². The second-order valence-electron chi connectivity index (χ2n) is 3.15. The number of phenols is 1. The van der Waals surface area contributed by atoms with Gasteiger partial charge in [0.15, 0.2) is 11.5 Å². The van der Waals surface area contributed by atoms with Gasteiger partial charge in [0.1, 0.15) is 6.54 Å². The van der Waals surface area contributed by atoms with E-state index in [1.807, 2.05) is 0 Å². The minimum absolute atomic E-state index is 0.0182. The molecule has 7 heteroatoms. The van der Waals surface area contributed by atoms with Gasteiger partial charge in [0.2, 0.25) is 0 Å². The predicted octanol–water partition coefficient (Wildman–Crippen LogP) is 1.69. The van der Waals surface area contributed by atoms with E-state index in [2.05, 4.69) is 0 Å². The van der Waals surface area contributed by atoms with Gasteiger partial charge >= 0.3 is 6.18 Å². The van der Waals surface area contributed by atoms with Crippen LogP contribution in [0, 0.1) is 0 Å². The lowest BCUT2D eigenvalue weighted by Gasteiger charge is -2.10. The van der Waals surface area contributed by atoms with Crippen molar-refractivity contribution < 1.29 is 27.8 Å². The minimum atomic E-state index is -4.50. The number of benzene rings is 1. The van der Waals surface area contributed by atoms with E-state index in [-0.39, 0.29) is 11.3 Å². The average Bonchev–Trinajstić information content (AvgIpc) is 2.25. The van der Waals surface area contributed by atoms with Gasteiger partial charge in [0.05, 0.1) is 12.7 Å². The van der Waals surface area contributed by atoms with E-state index in [0.29, 0.717) is 0 Å². The van der Waals surface area contributed by atoms with Crippen molar-refractivity contribution in [2.75, 3.05) is 13.7 Å². The van der Waals surface area contributed by atoms with E-state index in [9.17, 15) is 23.1 Å². The third-order valence-electron chi connectivity index (χ3n) is 1.91. The maximum atomic E-state index is 11.9. The lowest BCUT2D eigenvalue weighted by atomic mass is 10.1. The monoisotopic (exact) mass is 249 g/mol. The molecule has 1 aromatic rings. The number of amides is 1. The van der Waals surface area contributed by atoms with Gasteiger partial charge in [-0.1, -0.05) is 6.07 Å². The molecule has 17 heavy (non-hydrogen) atoms. The van der Waals surface area contributed by atoms with E-state index >= 15 is 0 Å². The normalized spacial score (nSPS) is 11.1. The van der Waals surface area contributed by atoms with Crippen LogP contribution >= 0.6 is 0 Å². The van der Waals surface area contributed by atoms with Gasteiger partial charge in [-0.05, 0) is 12.1 Å². The summed E-state index contributed by atoms with van der Waals surface area (Å²) in [4.78, 5) is 11.4. The highest BCUT2D eigenvalue weighted by Crippen LogP contribution is 2.29. The summed E-state index contributed by atoms with van der Waals surface area (Å²) in [6, 6.07) is 3.97. The molecule has 94 valence electrons. The van der Waals surface area contributed by atoms with Gasteiger partial charge in [0, 0.05) is 0 Å². The van der Waals surface area contributed by atoms with Crippen LogP contribution in [0.2, 0.25) is 0 Å². The molecule has 0 aliphatic rings. The largest absolute Gasteiger partial charge is 0.504 e. The van der Waals surface area contributed by atoms with Gasteiger partial charge < -0.3 is 15.2 Å². The number of phenolic OH excluding ortho intramolecular Hbond substituents is 1. The zero-order chi connectivity index (χ0) is 13.1. The molecule has 0 aromatic heterocycles. The van der Waals surface area contributed by atoms with Crippen molar-refractivity contribution in [2.45, 2.75) is 6.18 Å². The Morgan fingerprint density at radius 1 is 1.47 bits per heavy atom. The molecule has 0 unspecified atom stereocenters. The van der Waals surface area contributed by atoms with Crippen molar-refractivity contribution >= 4 is 5.91 Å². The summed E-state index contributed by atoms with van der Waals surface area (Å²) in [6.07, 6.45) is -4.50. The summed E-state index contributed by atoms with van der Waals surface area (Å²) in [5, 5.41) is 11.2. The molecule has 0 aliphatic heterocycles. The predicted molar refractivity (Wildman–Crippen MR) is 53.0 cm³/mol. The van der Waals surface area contributed by atoms with Crippen LogP contribution in [-0.4, -0.2) is 30.8 Å². The van der Waals surface area contributed by atoms with Gasteiger partial charge in [-0.25, -0.2) is 0 Å².